The molecule has 1 aromatic heterocycles. The number of aromatic nitrogens is 1. The third-order valence-corrected chi connectivity index (χ3v) is 6.54. The van der Waals surface area contributed by atoms with E-state index in [1.165, 1.54) is 51.9 Å². The molecule has 0 saturated carbocycles. The molecule has 2 N–H and O–H groups in total. The van der Waals surface area contributed by atoms with Gasteiger partial charge in [0, 0.05) is 36.2 Å². The van der Waals surface area contributed by atoms with Crippen LogP contribution in [-0.4, -0.2) is 29.0 Å². The summed E-state index contributed by atoms with van der Waals surface area (Å²) in [5.74, 6) is 0.680. The minimum absolute atomic E-state index is 0.117. The Kier molecular flexibility index (Phi) is 12.9. The quantitative estimate of drug-likeness (QED) is 0.192. The van der Waals surface area contributed by atoms with E-state index in [0.717, 1.165) is 59.3 Å². The number of benzene rings is 1. The summed E-state index contributed by atoms with van der Waals surface area (Å²) in [7, 11) is 1.68. The number of carbonyl (C=O) groups is 1. The summed E-state index contributed by atoms with van der Waals surface area (Å²) in [6.07, 6.45) is 16.1. The number of carbonyl (C=O) groups excluding carboxylic acids is 1. The molecule has 1 aromatic carbocycles. The SMILES string of the molecule is CCCCCCCCCC(=S)NC(C)CCCCc1c(OC)cc(NC(C)=O)c2ncccc12. The number of hydrogen-bond acceptors (Lipinski definition) is 4. The molecule has 0 aliphatic carbocycles. The number of aryl methyl sites for hydroxylation is 1. The van der Waals surface area contributed by atoms with E-state index in [2.05, 4.69) is 35.5 Å². The van der Waals surface area contributed by atoms with Crippen LogP contribution in [0.4, 0.5) is 5.69 Å². The lowest BCUT2D eigenvalue weighted by Gasteiger charge is -2.17. The molecule has 1 amide bonds. The van der Waals surface area contributed by atoms with Crippen LogP contribution in [0.1, 0.15) is 97.0 Å². The van der Waals surface area contributed by atoms with E-state index in [9.17, 15) is 4.79 Å². The fourth-order valence-electron chi connectivity index (χ4n) is 4.42. The lowest BCUT2D eigenvalue weighted by atomic mass is 9.99. The van der Waals surface area contributed by atoms with Crippen LogP contribution in [0.15, 0.2) is 24.4 Å². The van der Waals surface area contributed by atoms with Crippen molar-refractivity contribution < 1.29 is 9.53 Å². The van der Waals surface area contributed by atoms with Gasteiger partial charge in [0.2, 0.25) is 5.91 Å². The molecule has 2 rings (SSSR count). The molecular formula is C28H43N3O2S. The van der Waals surface area contributed by atoms with Gasteiger partial charge < -0.3 is 15.4 Å². The van der Waals surface area contributed by atoms with Crippen LogP contribution >= 0.6 is 12.2 Å². The highest BCUT2D eigenvalue weighted by molar-refractivity contribution is 7.80. The largest absolute Gasteiger partial charge is 0.496 e. The molecule has 2 aromatic rings. The Hall–Kier alpha value is -2.21. The van der Waals surface area contributed by atoms with Crippen LogP contribution in [0.25, 0.3) is 10.9 Å². The molecule has 188 valence electrons. The maximum atomic E-state index is 11.6. The number of anilines is 1. The molecule has 34 heavy (non-hydrogen) atoms. The minimum atomic E-state index is -0.117. The summed E-state index contributed by atoms with van der Waals surface area (Å²) < 4.78 is 5.67. The first-order valence-corrected chi connectivity index (χ1v) is 13.4. The van der Waals surface area contributed by atoms with E-state index in [1.807, 2.05) is 12.1 Å². The second-order valence-electron chi connectivity index (χ2n) is 9.27. The van der Waals surface area contributed by atoms with Crippen molar-refractivity contribution in [2.24, 2.45) is 0 Å². The van der Waals surface area contributed by atoms with E-state index in [-0.39, 0.29) is 5.91 Å². The highest BCUT2D eigenvalue weighted by atomic mass is 32.1. The maximum absolute atomic E-state index is 11.6. The highest BCUT2D eigenvalue weighted by Crippen LogP contribution is 2.34. The monoisotopic (exact) mass is 485 g/mol. The van der Waals surface area contributed by atoms with Crippen molar-refractivity contribution >= 4 is 39.7 Å². The van der Waals surface area contributed by atoms with Crippen molar-refractivity contribution in [2.75, 3.05) is 12.4 Å². The van der Waals surface area contributed by atoms with Gasteiger partial charge in [-0.1, -0.05) is 70.2 Å². The van der Waals surface area contributed by atoms with Gasteiger partial charge in [0.1, 0.15) is 5.75 Å². The molecular weight excluding hydrogens is 442 g/mol. The average molecular weight is 486 g/mol. The fourth-order valence-corrected chi connectivity index (χ4v) is 4.77. The van der Waals surface area contributed by atoms with Crippen molar-refractivity contribution in [2.45, 2.75) is 104 Å². The maximum Gasteiger partial charge on any atom is 0.221 e. The number of unbranched alkanes of at least 4 members (excludes halogenated alkanes) is 7. The molecule has 1 atom stereocenters. The number of fused-ring (bicyclic) bond motifs is 1. The van der Waals surface area contributed by atoms with Crippen LogP contribution in [0, 0.1) is 0 Å². The van der Waals surface area contributed by atoms with E-state index < -0.39 is 0 Å². The van der Waals surface area contributed by atoms with Crippen LogP contribution in [-0.2, 0) is 11.2 Å². The Balaban J connectivity index is 1.79. The lowest BCUT2D eigenvalue weighted by Crippen LogP contribution is -2.31. The lowest BCUT2D eigenvalue weighted by molar-refractivity contribution is -0.114. The number of methoxy groups -OCH3 is 1. The Labute approximate surface area is 211 Å². The summed E-state index contributed by atoms with van der Waals surface area (Å²) in [5.41, 5.74) is 2.64. The van der Waals surface area contributed by atoms with Gasteiger partial charge in [-0.05, 0) is 45.1 Å². The molecule has 0 aliphatic heterocycles. The normalized spacial score (nSPS) is 11.9. The van der Waals surface area contributed by atoms with Gasteiger partial charge in [0.05, 0.1) is 23.3 Å². The van der Waals surface area contributed by atoms with E-state index >= 15 is 0 Å². The number of pyridine rings is 1. The van der Waals surface area contributed by atoms with Crippen molar-refractivity contribution in [3.05, 3.63) is 30.0 Å². The van der Waals surface area contributed by atoms with E-state index in [4.69, 9.17) is 17.0 Å². The molecule has 0 aliphatic rings. The van der Waals surface area contributed by atoms with Gasteiger partial charge in [0.25, 0.3) is 0 Å². The van der Waals surface area contributed by atoms with Crippen LogP contribution in [0.5, 0.6) is 5.75 Å². The number of ether oxygens (including phenoxy) is 1. The summed E-state index contributed by atoms with van der Waals surface area (Å²) in [6, 6.07) is 6.26. The molecule has 0 radical (unpaired) electrons. The second-order valence-corrected chi connectivity index (χ2v) is 9.76. The van der Waals surface area contributed by atoms with E-state index in [0.29, 0.717) is 11.7 Å². The third-order valence-electron chi connectivity index (χ3n) is 6.22. The predicted octanol–water partition coefficient (Wildman–Crippen LogP) is 7.36. The summed E-state index contributed by atoms with van der Waals surface area (Å²) in [5, 5.41) is 7.44. The van der Waals surface area contributed by atoms with Crippen LogP contribution in [0.2, 0.25) is 0 Å². The van der Waals surface area contributed by atoms with E-state index in [1.54, 1.807) is 13.3 Å². The number of rotatable bonds is 16. The highest BCUT2D eigenvalue weighted by Gasteiger charge is 2.14. The van der Waals surface area contributed by atoms with Gasteiger partial charge in [-0.15, -0.1) is 0 Å². The number of nitrogens with zero attached hydrogens (tertiary/aromatic N) is 1. The zero-order chi connectivity index (χ0) is 24.8. The van der Waals surface area contributed by atoms with Crippen molar-refractivity contribution in [3.63, 3.8) is 0 Å². The van der Waals surface area contributed by atoms with Gasteiger partial charge >= 0.3 is 0 Å². The van der Waals surface area contributed by atoms with Crippen LogP contribution in [0.3, 0.4) is 0 Å². The van der Waals surface area contributed by atoms with Crippen molar-refractivity contribution in [1.29, 1.82) is 0 Å². The number of hydrogen-bond donors (Lipinski definition) is 2. The zero-order valence-corrected chi connectivity index (χ0v) is 22.4. The minimum Gasteiger partial charge on any atom is -0.496 e. The molecule has 6 heteroatoms. The predicted molar refractivity (Wildman–Crippen MR) is 148 cm³/mol. The van der Waals surface area contributed by atoms with Gasteiger partial charge in [-0.25, -0.2) is 0 Å². The molecule has 1 heterocycles. The number of amides is 1. The second kappa shape index (κ2) is 15.6. The first kappa shape index (κ1) is 28.0. The fraction of sp³-hybridized carbons (Fsp3) is 0.607. The smallest absolute Gasteiger partial charge is 0.221 e. The Bertz CT molecular complexity index is 916. The van der Waals surface area contributed by atoms with Gasteiger partial charge in [-0.2, -0.15) is 0 Å². The average Bonchev–Trinajstić information content (AvgIpc) is 2.81. The Morgan fingerprint density at radius 1 is 1.12 bits per heavy atom. The summed E-state index contributed by atoms with van der Waals surface area (Å²) in [6.45, 7) is 5.98. The molecule has 0 saturated heterocycles. The molecule has 0 spiro atoms. The van der Waals surface area contributed by atoms with Gasteiger partial charge in [-0.3, -0.25) is 9.78 Å². The Morgan fingerprint density at radius 3 is 2.56 bits per heavy atom. The molecule has 0 bridgehead atoms. The third kappa shape index (κ3) is 9.57. The molecule has 1 unspecified atom stereocenters. The van der Waals surface area contributed by atoms with Crippen molar-refractivity contribution in [3.8, 4) is 5.75 Å². The van der Waals surface area contributed by atoms with Crippen LogP contribution < -0.4 is 15.4 Å². The standard InChI is InChI=1S/C28H43N3O2S/c1-5-6-7-8-9-10-11-18-27(34)30-21(2)15-12-13-16-23-24-17-14-19-29-28(24)25(31-22(3)32)20-26(23)33-4/h14,17,19-21H,5-13,15-16,18H2,1-4H3,(H,30,34)(H,31,32). The number of thiocarbonyl (C=S) groups is 1. The zero-order valence-electron chi connectivity index (χ0n) is 21.5. The number of nitrogens with one attached hydrogen (secondary N) is 2. The topological polar surface area (TPSA) is 63.2 Å². The molecule has 0 fully saturated rings. The summed E-state index contributed by atoms with van der Waals surface area (Å²) in [4.78, 5) is 17.1. The van der Waals surface area contributed by atoms with Crippen molar-refractivity contribution in [1.82, 2.24) is 10.3 Å². The first-order chi connectivity index (χ1) is 16.5. The van der Waals surface area contributed by atoms with Gasteiger partial charge in [0.15, 0.2) is 0 Å². The first-order valence-electron chi connectivity index (χ1n) is 13.0. The Morgan fingerprint density at radius 2 is 1.85 bits per heavy atom. The summed E-state index contributed by atoms with van der Waals surface area (Å²) >= 11 is 5.57. The molecule has 5 nitrogen and oxygen atoms in total.